The van der Waals surface area contributed by atoms with Crippen molar-refractivity contribution in [2.45, 2.75) is 30.7 Å². The Hall–Kier alpha value is -2.44. The van der Waals surface area contributed by atoms with E-state index >= 15 is 0 Å². The van der Waals surface area contributed by atoms with Gasteiger partial charge in [-0.2, -0.15) is 5.10 Å². The van der Waals surface area contributed by atoms with Crippen LogP contribution in [0.2, 0.25) is 0 Å². The van der Waals surface area contributed by atoms with Gasteiger partial charge in [-0.25, -0.2) is 4.39 Å². The number of unbranched alkanes of at least 4 members (excludes halogenated alkanes) is 1. The maximum Gasteiger partial charge on any atom is 0.144 e. The Bertz CT molecular complexity index is 899. The smallest absolute Gasteiger partial charge is 0.144 e. The average Bonchev–Trinajstić information content (AvgIpc) is 3.18. The van der Waals surface area contributed by atoms with E-state index in [4.69, 9.17) is 4.74 Å². The molecule has 3 aliphatic rings. The number of hydrogen-bond donors (Lipinski definition) is 1. The molecule has 1 fully saturated rings. The number of halogens is 1. The minimum Gasteiger partial charge on any atom is -0.489 e. The topological polar surface area (TPSA) is 40.1 Å². The number of piperazine rings is 1. The van der Waals surface area contributed by atoms with Crippen molar-refractivity contribution in [3.05, 3.63) is 59.9 Å². The fourth-order valence-corrected chi connectivity index (χ4v) is 4.92. The maximum atomic E-state index is 13.9. The second-order valence-electron chi connectivity index (χ2n) is 8.38. The first kappa shape index (κ1) is 19.5. The highest BCUT2D eigenvalue weighted by Crippen LogP contribution is 2.46. The number of hydrogen-bond acceptors (Lipinski definition) is 5. The van der Waals surface area contributed by atoms with E-state index in [9.17, 15) is 4.39 Å². The molecule has 5 rings (SSSR count). The molecule has 3 heterocycles. The highest BCUT2D eigenvalue weighted by atomic mass is 19.1. The first-order valence-corrected chi connectivity index (χ1v) is 10.9. The Morgan fingerprint density at radius 3 is 2.80 bits per heavy atom. The van der Waals surface area contributed by atoms with Gasteiger partial charge in [-0.3, -0.25) is 5.01 Å². The van der Waals surface area contributed by atoms with E-state index in [0.717, 1.165) is 52.0 Å². The third-order valence-electron chi connectivity index (χ3n) is 6.58. The summed E-state index contributed by atoms with van der Waals surface area (Å²) in [5.74, 6) is 0.405. The van der Waals surface area contributed by atoms with Crippen LogP contribution in [0.15, 0.2) is 53.6 Å². The summed E-state index contributed by atoms with van der Waals surface area (Å²) in [4.78, 5) is 2.53. The van der Waals surface area contributed by atoms with Crippen LogP contribution in [0.25, 0.3) is 0 Å². The van der Waals surface area contributed by atoms with Gasteiger partial charge >= 0.3 is 0 Å². The van der Waals surface area contributed by atoms with E-state index in [1.54, 1.807) is 6.07 Å². The van der Waals surface area contributed by atoms with Gasteiger partial charge < -0.3 is 15.0 Å². The number of nitrogens with zero attached hydrogens (tertiary/aromatic N) is 3. The molecule has 1 radical (unpaired) electrons. The molecular weight excluding hydrogens is 379 g/mol. The fraction of sp³-hybridized carbons (Fsp3) is 0.458. The fourth-order valence-electron chi connectivity index (χ4n) is 4.92. The summed E-state index contributed by atoms with van der Waals surface area (Å²) in [6.07, 6.45) is 6.63. The van der Waals surface area contributed by atoms with Crippen molar-refractivity contribution in [3.8, 4) is 5.75 Å². The SMILES string of the molecule is Fc1ccc2c(c1)N1N=[C][C@@](CCCCN3CCNCC3)(c3ccccc3)C1CO2. The first-order chi connectivity index (χ1) is 14.8. The molecule has 157 valence electrons. The van der Waals surface area contributed by atoms with Crippen molar-refractivity contribution in [1.29, 1.82) is 0 Å². The molecule has 6 heteroatoms. The standard InChI is InChI=1S/C24H28FN4O/c25-20-8-9-22-21(16-20)29-23(17-30-22)24(18-27-29,19-6-2-1-3-7-19)10-4-5-13-28-14-11-26-12-15-28/h1-3,6-9,16,23,26H,4-5,10-15,17H2/t23?,24-/m0/s1. The lowest BCUT2D eigenvalue weighted by atomic mass is 9.72. The monoisotopic (exact) mass is 407 g/mol. The molecule has 2 aromatic carbocycles. The van der Waals surface area contributed by atoms with E-state index in [-0.39, 0.29) is 17.3 Å². The molecule has 1 unspecified atom stereocenters. The molecule has 0 bridgehead atoms. The first-order valence-electron chi connectivity index (χ1n) is 10.9. The minimum atomic E-state index is -0.352. The van der Waals surface area contributed by atoms with Crippen molar-refractivity contribution >= 4 is 11.9 Å². The lowest BCUT2D eigenvalue weighted by Crippen LogP contribution is -2.50. The van der Waals surface area contributed by atoms with Crippen molar-refractivity contribution in [3.63, 3.8) is 0 Å². The van der Waals surface area contributed by atoms with Gasteiger partial charge in [0.2, 0.25) is 0 Å². The number of rotatable bonds is 6. The molecule has 5 nitrogen and oxygen atoms in total. The third kappa shape index (κ3) is 3.59. The summed E-state index contributed by atoms with van der Waals surface area (Å²) in [6, 6.07) is 15.1. The summed E-state index contributed by atoms with van der Waals surface area (Å²) < 4.78 is 20.0. The Balaban J connectivity index is 1.36. The largest absolute Gasteiger partial charge is 0.489 e. The minimum absolute atomic E-state index is 0.0200. The number of fused-ring (bicyclic) bond motifs is 3. The predicted molar refractivity (Wildman–Crippen MR) is 117 cm³/mol. The number of ether oxygens (including phenoxy) is 1. The van der Waals surface area contributed by atoms with Crippen LogP contribution in [0.4, 0.5) is 10.1 Å². The average molecular weight is 408 g/mol. The Morgan fingerprint density at radius 1 is 1.13 bits per heavy atom. The molecule has 0 spiro atoms. The molecule has 2 atom stereocenters. The van der Waals surface area contributed by atoms with Gasteiger partial charge in [0.1, 0.15) is 29.9 Å². The van der Waals surface area contributed by atoms with Gasteiger partial charge in [0.05, 0.1) is 11.6 Å². The van der Waals surface area contributed by atoms with Crippen LogP contribution in [0, 0.1) is 5.82 Å². The molecule has 3 aliphatic heterocycles. The maximum absolute atomic E-state index is 13.9. The van der Waals surface area contributed by atoms with Gasteiger partial charge in [-0.05, 0) is 37.1 Å². The van der Waals surface area contributed by atoms with Crippen LogP contribution in [-0.2, 0) is 5.41 Å². The zero-order chi connectivity index (χ0) is 20.4. The molecule has 1 N–H and O–H groups in total. The molecule has 0 saturated carbocycles. The van der Waals surface area contributed by atoms with E-state index in [2.05, 4.69) is 45.8 Å². The van der Waals surface area contributed by atoms with E-state index in [1.807, 2.05) is 11.1 Å². The van der Waals surface area contributed by atoms with Crippen LogP contribution in [0.5, 0.6) is 5.75 Å². The predicted octanol–water partition coefficient (Wildman–Crippen LogP) is 3.28. The summed E-state index contributed by atoms with van der Waals surface area (Å²) >= 11 is 0. The number of anilines is 1. The summed E-state index contributed by atoms with van der Waals surface area (Å²) in [7, 11) is 0. The molecule has 0 aromatic heterocycles. The molecule has 0 amide bonds. The summed E-state index contributed by atoms with van der Waals surface area (Å²) in [5.41, 5.74) is 1.54. The van der Waals surface area contributed by atoms with Crippen LogP contribution >= 0.6 is 0 Å². The molecule has 0 aliphatic carbocycles. The molecular formula is C24H28FN4O. The summed E-state index contributed by atoms with van der Waals surface area (Å²) in [6.45, 7) is 6.07. The van der Waals surface area contributed by atoms with Crippen LogP contribution < -0.4 is 15.1 Å². The van der Waals surface area contributed by atoms with E-state index in [1.165, 1.54) is 17.7 Å². The van der Waals surface area contributed by atoms with Crippen molar-refractivity contribution < 1.29 is 9.13 Å². The van der Waals surface area contributed by atoms with E-state index < -0.39 is 0 Å². The quantitative estimate of drug-likeness (QED) is 0.746. The Labute approximate surface area is 177 Å². The van der Waals surface area contributed by atoms with Gasteiger partial charge in [-0.1, -0.05) is 36.8 Å². The van der Waals surface area contributed by atoms with Crippen LogP contribution in [-0.4, -0.2) is 56.5 Å². The third-order valence-corrected chi connectivity index (χ3v) is 6.58. The van der Waals surface area contributed by atoms with Crippen LogP contribution in [0.1, 0.15) is 24.8 Å². The Kier molecular flexibility index (Phi) is 5.44. The second-order valence-corrected chi connectivity index (χ2v) is 8.38. The number of benzene rings is 2. The van der Waals surface area contributed by atoms with Gasteiger partial charge in [0.15, 0.2) is 0 Å². The zero-order valence-electron chi connectivity index (χ0n) is 17.2. The van der Waals surface area contributed by atoms with Crippen LogP contribution in [0.3, 0.4) is 0 Å². The van der Waals surface area contributed by atoms with Gasteiger partial charge in [-0.15, -0.1) is 0 Å². The van der Waals surface area contributed by atoms with E-state index in [0.29, 0.717) is 18.0 Å². The van der Waals surface area contributed by atoms with Crippen molar-refractivity contribution in [2.24, 2.45) is 5.10 Å². The van der Waals surface area contributed by atoms with Crippen molar-refractivity contribution in [2.75, 3.05) is 44.3 Å². The molecule has 30 heavy (non-hydrogen) atoms. The second kappa shape index (κ2) is 8.36. The normalized spacial score (nSPS) is 25.6. The zero-order valence-corrected chi connectivity index (χ0v) is 17.2. The molecule has 2 aromatic rings. The Morgan fingerprint density at radius 2 is 1.97 bits per heavy atom. The number of hydrazone groups is 1. The lowest BCUT2D eigenvalue weighted by Gasteiger charge is -2.40. The van der Waals surface area contributed by atoms with Gasteiger partial charge in [0.25, 0.3) is 0 Å². The highest BCUT2D eigenvalue weighted by Gasteiger charge is 2.50. The van der Waals surface area contributed by atoms with Crippen molar-refractivity contribution in [1.82, 2.24) is 10.2 Å². The molecule has 1 saturated heterocycles. The summed E-state index contributed by atoms with van der Waals surface area (Å²) in [5, 5.41) is 9.99. The van der Waals surface area contributed by atoms with Gasteiger partial charge in [0, 0.05) is 32.2 Å². The highest BCUT2D eigenvalue weighted by molar-refractivity contribution is 5.82. The number of nitrogens with one attached hydrogen (secondary N) is 1. The lowest BCUT2D eigenvalue weighted by molar-refractivity contribution is 0.219.